The van der Waals surface area contributed by atoms with Crippen LogP contribution < -0.4 is 5.32 Å². The number of urea groups is 1. The zero-order chi connectivity index (χ0) is 18.4. The number of methoxy groups -OCH3 is 1. The van der Waals surface area contributed by atoms with Gasteiger partial charge in [-0.15, -0.1) is 0 Å². The molecule has 1 aliphatic rings. The number of hydrogen-bond donors (Lipinski definition) is 1. The van der Waals surface area contributed by atoms with E-state index in [9.17, 15) is 4.79 Å². The van der Waals surface area contributed by atoms with E-state index in [1.807, 2.05) is 47.4 Å². The minimum atomic E-state index is -0.179. The van der Waals surface area contributed by atoms with Crippen molar-refractivity contribution in [2.24, 2.45) is 0 Å². The van der Waals surface area contributed by atoms with Crippen LogP contribution >= 0.6 is 0 Å². The lowest BCUT2D eigenvalue weighted by Gasteiger charge is -2.41. The summed E-state index contributed by atoms with van der Waals surface area (Å²) in [4.78, 5) is 14.7. The van der Waals surface area contributed by atoms with E-state index in [-0.39, 0.29) is 18.2 Å². The van der Waals surface area contributed by atoms with Gasteiger partial charge in [-0.3, -0.25) is 0 Å². The van der Waals surface area contributed by atoms with Gasteiger partial charge in [-0.05, 0) is 18.1 Å². The first-order valence-electron chi connectivity index (χ1n) is 8.94. The number of carbonyl (C=O) groups excluding carboxylic acids is 1. The summed E-state index contributed by atoms with van der Waals surface area (Å²) in [5, 5.41) is 3.04. The Morgan fingerprint density at radius 1 is 1.19 bits per heavy atom. The smallest absolute Gasteiger partial charge is 0.318 e. The first-order valence-corrected chi connectivity index (χ1v) is 8.94. The molecule has 1 N–H and O–H groups in total. The van der Waals surface area contributed by atoms with Crippen molar-refractivity contribution in [3.8, 4) is 0 Å². The predicted molar refractivity (Wildman–Crippen MR) is 101 cm³/mol. The summed E-state index contributed by atoms with van der Waals surface area (Å²) in [7, 11) is 1.65. The molecule has 0 saturated carbocycles. The molecule has 1 aliphatic heterocycles. The molecule has 0 aromatic heterocycles. The molecule has 3 rings (SSSR count). The molecule has 1 saturated heterocycles. The van der Waals surface area contributed by atoms with Crippen molar-refractivity contribution in [3.05, 3.63) is 71.3 Å². The Balaban J connectivity index is 1.74. The highest BCUT2D eigenvalue weighted by Crippen LogP contribution is 2.29. The number of rotatable bonds is 5. The topological polar surface area (TPSA) is 50.8 Å². The van der Waals surface area contributed by atoms with Gasteiger partial charge in [0.1, 0.15) is 6.10 Å². The van der Waals surface area contributed by atoms with Crippen molar-refractivity contribution < 1.29 is 14.3 Å². The monoisotopic (exact) mass is 354 g/mol. The molecule has 0 aliphatic carbocycles. The predicted octanol–water partition coefficient (Wildman–Crippen LogP) is 3.29. The molecule has 1 fully saturated rings. The number of carbonyl (C=O) groups is 1. The third-order valence-electron chi connectivity index (χ3n) is 4.65. The largest absolute Gasteiger partial charge is 0.382 e. The molecule has 5 nitrogen and oxygen atoms in total. The summed E-state index contributed by atoms with van der Waals surface area (Å²) < 4.78 is 11.2. The molecular weight excluding hydrogens is 328 g/mol. The normalized spacial score (nSPS) is 20.0. The summed E-state index contributed by atoms with van der Waals surface area (Å²) in [6.45, 7) is 4.07. The SMILES string of the molecule is COC[C@@H]1OCCN(C(=O)NCc2ccc(C)cc2)[C@H]1c1ccccc1. The van der Waals surface area contributed by atoms with Crippen LogP contribution in [0.1, 0.15) is 22.7 Å². The summed E-state index contributed by atoms with van der Waals surface area (Å²) >= 11 is 0. The highest BCUT2D eigenvalue weighted by molar-refractivity contribution is 5.75. The molecule has 138 valence electrons. The first kappa shape index (κ1) is 18.4. The van der Waals surface area contributed by atoms with Crippen LogP contribution in [0.3, 0.4) is 0 Å². The zero-order valence-corrected chi connectivity index (χ0v) is 15.4. The van der Waals surface area contributed by atoms with E-state index in [1.165, 1.54) is 5.56 Å². The minimum Gasteiger partial charge on any atom is -0.382 e. The maximum atomic E-state index is 12.9. The molecule has 2 atom stereocenters. The lowest BCUT2D eigenvalue weighted by atomic mass is 9.98. The Hall–Kier alpha value is -2.37. The van der Waals surface area contributed by atoms with Gasteiger partial charge < -0.3 is 19.7 Å². The summed E-state index contributed by atoms with van der Waals surface area (Å²) in [6.07, 6.45) is -0.179. The number of amides is 2. The Morgan fingerprint density at radius 3 is 2.62 bits per heavy atom. The van der Waals surface area contributed by atoms with Gasteiger partial charge in [0.25, 0.3) is 0 Å². The zero-order valence-electron chi connectivity index (χ0n) is 15.4. The highest BCUT2D eigenvalue weighted by Gasteiger charge is 2.36. The first-order chi connectivity index (χ1) is 12.7. The molecule has 0 unspecified atom stereocenters. The van der Waals surface area contributed by atoms with Gasteiger partial charge in [-0.1, -0.05) is 60.2 Å². The van der Waals surface area contributed by atoms with E-state index in [4.69, 9.17) is 9.47 Å². The van der Waals surface area contributed by atoms with Gasteiger partial charge in [0.05, 0.1) is 19.3 Å². The third-order valence-corrected chi connectivity index (χ3v) is 4.65. The highest BCUT2D eigenvalue weighted by atomic mass is 16.5. The fraction of sp³-hybridized carbons (Fsp3) is 0.381. The Morgan fingerprint density at radius 2 is 1.92 bits per heavy atom. The van der Waals surface area contributed by atoms with Crippen molar-refractivity contribution in [2.75, 3.05) is 26.9 Å². The summed E-state index contributed by atoms with van der Waals surface area (Å²) in [6, 6.07) is 17.9. The lowest BCUT2D eigenvalue weighted by Crippen LogP contribution is -2.52. The molecular formula is C21H26N2O3. The molecule has 2 amide bonds. The van der Waals surface area contributed by atoms with Crippen LogP contribution in [-0.4, -0.2) is 43.9 Å². The molecule has 2 aromatic carbocycles. The van der Waals surface area contributed by atoms with Crippen molar-refractivity contribution >= 4 is 6.03 Å². The van der Waals surface area contributed by atoms with Crippen LogP contribution in [0, 0.1) is 6.92 Å². The fourth-order valence-electron chi connectivity index (χ4n) is 3.29. The number of aryl methyl sites for hydroxylation is 1. The maximum absolute atomic E-state index is 12.9. The van der Waals surface area contributed by atoms with Crippen LogP contribution in [-0.2, 0) is 16.0 Å². The van der Waals surface area contributed by atoms with Crippen LogP contribution in [0.2, 0.25) is 0 Å². The molecule has 5 heteroatoms. The van der Waals surface area contributed by atoms with Crippen molar-refractivity contribution in [1.82, 2.24) is 10.2 Å². The maximum Gasteiger partial charge on any atom is 0.318 e. The van der Waals surface area contributed by atoms with Gasteiger partial charge >= 0.3 is 6.03 Å². The van der Waals surface area contributed by atoms with E-state index >= 15 is 0 Å². The van der Waals surface area contributed by atoms with Crippen LogP contribution in [0.15, 0.2) is 54.6 Å². The van der Waals surface area contributed by atoms with Gasteiger partial charge in [0, 0.05) is 20.2 Å². The fourth-order valence-corrected chi connectivity index (χ4v) is 3.29. The van der Waals surface area contributed by atoms with Gasteiger partial charge in [0.15, 0.2) is 0 Å². The number of hydrogen-bond acceptors (Lipinski definition) is 3. The second kappa shape index (κ2) is 8.83. The molecule has 26 heavy (non-hydrogen) atoms. The van der Waals surface area contributed by atoms with E-state index in [2.05, 4.69) is 24.4 Å². The third kappa shape index (κ3) is 4.42. The Bertz CT molecular complexity index is 701. The number of ether oxygens (including phenoxy) is 2. The second-order valence-electron chi connectivity index (χ2n) is 6.56. The van der Waals surface area contributed by atoms with Crippen LogP contribution in [0.4, 0.5) is 4.79 Å². The van der Waals surface area contributed by atoms with Crippen molar-refractivity contribution in [2.45, 2.75) is 25.6 Å². The van der Waals surface area contributed by atoms with E-state index in [0.717, 1.165) is 11.1 Å². The number of morpholine rings is 1. The molecule has 0 radical (unpaired) electrons. The quantitative estimate of drug-likeness (QED) is 0.896. The van der Waals surface area contributed by atoms with Gasteiger partial charge in [-0.2, -0.15) is 0 Å². The Kier molecular flexibility index (Phi) is 6.26. The summed E-state index contributed by atoms with van der Waals surface area (Å²) in [5.41, 5.74) is 3.35. The average molecular weight is 354 g/mol. The number of nitrogens with zero attached hydrogens (tertiary/aromatic N) is 1. The molecule has 0 bridgehead atoms. The molecule has 0 spiro atoms. The summed E-state index contributed by atoms with van der Waals surface area (Å²) in [5.74, 6) is 0. The standard InChI is InChI=1S/C21H26N2O3/c1-16-8-10-17(11-9-16)14-22-21(24)23-12-13-26-19(15-25-2)20(23)18-6-4-3-5-7-18/h3-11,19-20H,12-15H2,1-2H3,(H,22,24)/t19-,20-/m0/s1. The van der Waals surface area contributed by atoms with Gasteiger partial charge in [0.2, 0.25) is 0 Å². The minimum absolute atomic E-state index is 0.0798. The van der Waals surface area contributed by atoms with Gasteiger partial charge in [-0.25, -0.2) is 4.79 Å². The molecule has 1 heterocycles. The van der Waals surface area contributed by atoms with Crippen molar-refractivity contribution in [1.29, 1.82) is 0 Å². The second-order valence-corrected chi connectivity index (χ2v) is 6.56. The lowest BCUT2D eigenvalue weighted by molar-refractivity contribution is -0.0848. The van der Waals surface area contributed by atoms with E-state index in [1.54, 1.807) is 7.11 Å². The average Bonchev–Trinajstić information content (AvgIpc) is 2.68. The van der Waals surface area contributed by atoms with Crippen LogP contribution in [0.25, 0.3) is 0 Å². The molecule has 2 aromatic rings. The van der Waals surface area contributed by atoms with E-state index in [0.29, 0.717) is 26.3 Å². The Labute approximate surface area is 154 Å². The van der Waals surface area contributed by atoms with Crippen molar-refractivity contribution in [3.63, 3.8) is 0 Å². The number of benzene rings is 2. The number of nitrogens with one attached hydrogen (secondary N) is 1. The van der Waals surface area contributed by atoms with E-state index < -0.39 is 0 Å². The van der Waals surface area contributed by atoms with Crippen LogP contribution in [0.5, 0.6) is 0 Å².